The van der Waals surface area contributed by atoms with Gasteiger partial charge < -0.3 is 15.3 Å². The Labute approximate surface area is 217 Å². The fourth-order valence-electron chi connectivity index (χ4n) is 4.81. The smallest absolute Gasteiger partial charge is 0.267 e. The Morgan fingerprint density at radius 3 is 2.23 bits per heavy atom. The molecule has 0 spiro atoms. The highest BCUT2D eigenvalue weighted by Gasteiger charge is 2.39. The van der Waals surface area contributed by atoms with Crippen LogP contribution in [0.15, 0.2) is 41.5 Å². The van der Waals surface area contributed by atoms with E-state index < -0.39 is 0 Å². The van der Waals surface area contributed by atoms with Crippen molar-refractivity contribution in [2.45, 2.75) is 57.7 Å². The van der Waals surface area contributed by atoms with E-state index in [1.54, 1.807) is 31.6 Å². The minimum absolute atomic E-state index is 0. The van der Waals surface area contributed by atoms with E-state index >= 15 is 0 Å². The third-order valence-corrected chi connectivity index (χ3v) is 6.16. The van der Waals surface area contributed by atoms with E-state index in [4.69, 9.17) is 0 Å². The second-order valence-corrected chi connectivity index (χ2v) is 10.1. The summed E-state index contributed by atoms with van der Waals surface area (Å²) in [5, 5.41) is 27.0. The quantitative estimate of drug-likeness (QED) is 0.535. The van der Waals surface area contributed by atoms with Crippen LogP contribution in [0.3, 0.4) is 0 Å². The molecule has 0 atom stereocenters. The number of hydrogen-bond donors (Lipinski definition) is 2. The number of aryl methyl sites for hydroxylation is 1. The van der Waals surface area contributed by atoms with Gasteiger partial charge in [-0.1, -0.05) is 6.07 Å². The Hall–Kier alpha value is -2.75. The van der Waals surface area contributed by atoms with Gasteiger partial charge in [-0.2, -0.15) is 5.10 Å². The molecular formula is C24H33Cl2N7O2. The maximum atomic E-state index is 11.9. The Bertz CT molecular complexity index is 1210. The topological polar surface area (TPSA) is 109 Å². The van der Waals surface area contributed by atoms with Crippen molar-refractivity contribution in [1.29, 1.82) is 0 Å². The maximum absolute atomic E-state index is 11.9. The normalized spacial score (nSPS) is 16.6. The van der Waals surface area contributed by atoms with E-state index in [0.29, 0.717) is 28.3 Å². The molecular weight excluding hydrogens is 489 g/mol. The molecule has 1 saturated heterocycles. The fourth-order valence-corrected chi connectivity index (χ4v) is 4.81. The number of nitrogens with one attached hydrogen (secondary N) is 1. The molecule has 2 aromatic heterocycles. The molecule has 0 saturated carbocycles. The van der Waals surface area contributed by atoms with Gasteiger partial charge in [-0.15, -0.1) is 35.0 Å². The van der Waals surface area contributed by atoms with Crippen molar-refractivity contribution in [1.82, 2.24) is 30.3 Å². The number of benzene rings is 1. The molecule has 0 aliphatic carbocycles. The zero-order valence-electron chi connectivity index (χ0n) is 20.8. The summed E-state index contributed by atoms with van der Waals surface area (Å²) in [6.07, 6.45) is 5.16. The van der Waals surface area contributed by atoms with Crippen LogP contribution in [0.4, 0.5) is 5.95 Å². The predicted molar refractivity (Wildman–Crippen MR) is 143 cm³/mol. The van der Waals surface area contributed by atoms with Crippen LogP contribution in [0.25, 0.3) is 22.4 Å². The summed E-state index contributed by atoms with van der Waals surface area (Å²) in [4.78, 5) is 18.5. The zero-order chi connectivity index (χ0) is 24.0. The average Bonchev–Trinajstić information content (AvgIpc) is 2.73. The van der Waals surface area contributed by atoms with Crippen molar-refractivity contribution in [3.8, 4) is 28.1 Å². The molecule has 0 bridgehead atoms. The number of rotatable bonds is 4. The SMILES string of the molecule is CN(c1ncc(-c2ccc(-c3cnn(C)c(=O)c3)cc2O)nn1)C1CC(C)(C)NC(C)(C)C1.Cl.Cl. The lowest BCUT2D eigenvalue weighted by atomic mass is 9.79. The molecule has 2 N–H and O–H groups in total. The van der Waals surface area contributed by atoms with Crippen LogP contribution in [0.1, 0.15) is 40.5 Å². The molecule has 0 radical (unpaired) electrons. The summed E-state index contributed by atoms with van der Waals surface area (Å²) in [6.45, 7) is 8.86. The van der Waals surface area contributed by atoms with Gasteiger partial charge in [0.25, 0.3) is 5.56 Å². The van der Waals surface area contributed by atoms with Crippen LogP contribution in [0, 0.1) is 0 Å². The van der Waals surface area contributed by atoms with Crippen LogP contribution < -0.4 is 15.8 Å². The predicted octanol–water partition coefficient (Wildman–Crippen LogP) is 3.59. The first-order valence-corrected chi connectivity index (χ1v) is 11.0. The van der Waals surface area contributed by atoms with Gasteiger partial charge in [-0.05, 0) is 58.2 Å². The van der Waals surface area contributed by atoms with E-state index in [-0.39, 0.29) is 53.2 Å². The van der Waals surface area contributed by atoms with Crippen molar-refractivity contribution in [2.75, 3.05) is 11.9 Å². The van der Waals surface area contributed by atoms with Gasteiger partial charge in [0.1, 0.15) is 11.4 Å². The number of aromatic nitrogens is 5. The van der Waals surface area contributed by atoms with Crippen molar-refractivity contribution in [2.24, 2.45) is 7.05 Å². The highest BCUT2D eigenvalue weighted by Crippen LogP contribution is 2.34. The second-order valence-electron chi connectivity index (χ2n) is 10.1. The number of halogens is 2. The summed E-state index contributed by atoms with van der Waals surface area (Å²) in [6, 6.07) is 6.91. The minimum Gasteiger partial charge on any atom is -0.507 e. The number of anilines is 1. The van der Waals surface area contributed by atoms with Gasteiger partial charge in [0, 0.05) is 48.4 Å². The maximum Gasteiger partial charge on any atom is 0.267 e. The highest BCUT2D eigenvalue weighted by atomic mass is 35.5. The van der Waals surface area contributed by atoms with Gasteiger partial charge >= 0.3 is 0 Å². The largest absolute Gasteiger partial charge is 0.507 e. The number of aromatic hydroxyl groups is 1. The van der Waals surface area contributed by atoms with Gasteiger partial charge in [0.05, 0.1) is 12.4 Å². The van der Waals surface area contributed by atoms with Crippen LogP contribution in [-0.2, 0) is 7.05 Å². The molecule has 0 amide bonds. The third kappa shape index (κ3) is 6.28. The summed E-state index contributed by atoms with van der Waals surface area (Å²) < 4.78 is 1.25. The minimum atomic E-state index is -0.216. The molecule has 1 aliphatic rings. The first kappa shape index (κ1) is 28.5. The first-order valence-electron chi connectivity index (χ1n) is 11.0. The van der Waals surface area contributed by atoms with E-state index in [2.05, 4.69) is 58.2 Å². The Morgan fingerprint density at radius 2 is 1.69 bits per heavy atom. The summed E-state index contributed by atoms with van der Waals surface area (Å²) in [5.41, 5.74) is 2.13. The Kier molecular flexibility index (Phi) is 8.53. The monoisotopic (exact) mass is 521 g/mol. The highest BCUT2D eigenvalue weighted by molar-refractivity contribution is 5.85. The average molecular weight is 522 g/mol. The zero-order valence-corrected chi connectivity index (χ0v) is 22.4. The lowest BCUT2D eigenvalue weighted by Gasteiger charge is -2.48. The van der Waals surface area contributed by atoms with Crippen molar-refractivity contribution < 1.29 is 5.11 Å². The molecule has 190 valence electrons. The van der Waals surface area contributed by atoms with E-state index in [1.165, 1.54) is 10.7 Å². The van der Waals surface area contributed by atoms with Gasteiger partial charge in [0.15, 0.2) is 0 Å². The molecule has 0 unspecified atom stereocenters. The Balaban J connectivity index is 0.00000216. The van der Waals surface area contributed by atoms with E-state index in [0.717, 1.165) is 12.8 Å². The molecule has 1 aliphatic heterocycles. The summed E-state index contributed by atoms with van der Waals surface area (Å²) in [7, 11) is 3.59. The van der Waals surface area contributed by atoms with Crippen LogP contribution >= 0.6 is 24.8 Å². The molecule has 3 heterocycles. The van der Waals surface area contributed by atoms with Crippen LogP contribution in [0.5, 0.6) is 5.75 Å². The summed E-state index contributed by atoms with van der Waals surface area (Å²) in [5.74, 6) is 0.590. The second kappa shape index (κ2) is 10.5. The third-order valence-electron chi connectivity index (χ3n) is 6.16. The van der Waals surface area contributed by atoms with Gasteiger partial charge in [-0.3, -0.25) is 4.79 Å². The number of hydrogen-bond acceptors (Lipinski definition) is 8. The van der Waals surface area contributed by atoms with E-state index in [1.807, 2.05) is 13.1 Å². The lowest BCUT2D eigenvalue weighted by molar-refractivity contribution is 0.160. The number of phenolic OH excluding ortho intramolecular Hbond substituents is 1. The molecule has 1 fully saturated rings. The molecule has 35 heavy (non-hydrogen) atoms. The van der Waals surface area contributed by atoms with Crippen molar-refractivity contribution in [3.05, 3.63) is 47.0 Å². The molecule has 4 rings (SSSR count). The molecule has 1 aromatic carbocycles. The lowest BCUT2D eigenvalue weighted by Crippen LogP contribution is -2.62. The first-order chi connectivity index (χ1) is 15.4. The van der Waals surface area contributed by atoms with Gasteiger partial charge in [0.2, 0.25) is 5.95 Å². The van der Waals surface area contributed by atoms with E-state index in [9.17, 15) is 9.90 Å². The number of piperidine rings is 1. The fraction of sp³-hybridized carbons (Fsp3) is 0.458. The molecule has 9 nitrogen and oxygen atoms in total. The number of nitrogens with zero attached hydrogens (tertiary/aromatic N) is 6. The molecule has 11 heteroatoms. The van der Waals surface area contributed by atoms with Crippen LogP contribution in [0.2, 0.25) is 0 Å². The van der Waals surface area contributed by atoms with Crippen molar-refractivity contribution in [3.63, 3.8) is 0 Å². The Morgan fingerprint density at radius 1 is 1.03 bits per heavy atom. The number of phenols is 1. The van der Waals surface area contributed by atoms with Crippen molar-refractivity contribution >= 4 is 30.8 Å². The summed E-state index contributed by atoms with van der Waals surface area (Å²) >= 11 is 0. The standard InChI is InChI=1S/C24H31N7O2.2ClH/c1-23(2)11-17(12-24(3,4)29-23)30(5)22-25-14-19(27-28-22)18-8-7-15(9-20(18)32)16-10-21(33)31(6)26-13-16;;/h7-10,13-14,17,29,32H,11-12H2,1-6H3;2*1H. The van der Waals surface area contributed by atoms with Gasteiger partial charge in [-0.25, -0.2) is 9.67 Å². The van der Waals surface area contributed by atoms with Crippen LogP contribution in [-0.4, -0.2) is 54.2 Å². The molecule has 3 aromatic rings.